The molecule has 0 spiro atoms. The van der Waals surface area contributed by atoms with E-state index in [9.17, 15) is 9.59 Å². The molecule has 1 amide bonds. The third-order valence-corrected chi connectivity index (χ3v) is 2.92. The summed E-state index contributed by atoms with van der Waals surface area (Å²) >= 11 is 0. The number of amides is 1. The molecule has 0 aliphatic carbocycles. The maximum atomic E-state index is 12.2. The van der Waals surface area contributed by atoms with Crippen molar-refractivity contribution in [2.75, 3.05) is 6.61 Å². The van der Waals surface area contributed by atoms with E-state index >= 15 is 0 Å². The number of hydrogen-bond donors (Lipinski definition) is 2. The molecule has 8 nitrogen and oxygen atoms in total. The van der Waals surface area contributed by atoms with Crippen molar-refractivity contribution in [2.45, 2.75) is 5.79 Å². The summed E-state index contributed by atoms with van der Waals surface area (Å²) in [6.45, 7) is -0.326. The number of carbonyl (C=O) groups excluding carboxylic acids is 2. The molecule has 8 heteroatoms. The predicted octanol–water partition coefficient (Wildman–Crippen LogP) is -0.742. The van der Waals surface area contributed by atoms with E-state index in [1.807, 2.05) is 6.07 Å². The van der Waals surface area contributed by atoms with Gasteiger partial charge in [0.1, 0.15) is 12.1 Å². The van der Waals surface area contributed by atoms with E-state index in [1.54, 1.807) is 24.3 Å². The van der Waals surface area contributed by atoms with Crippen molar-refractivity contribution in [3.63, 3.8) is 0 Å². The molecule has 1 atom stereocenters. The molecule has 1 unspecified atom stereocenters. The van der Waals surface area contributed by atoms with Crippen LogP contribution < -0.4 is 15.8 Å². The number of aliphatic imine (C=N–C) groups is 3. The Morgan fingerprint density at radius 1 is 1.33 bits per heavy atom. The second-order valence-corrected chi connectivity index (χ2v) is 4.40. The summed E-state index contributed by atoms with van der Waals surface area (Å²) in [7, 11) is 0. The first-order valence-corrected chi connectivity index (χ1v) is 6.11. The van der Waals surface area contributed by atoms with Crippen LogP contribution in [0.1, 0.15) is 0 Å². The molecule has 106 valence electrons. The first-order valence-electron chi connectivity index (χ1n) is 6.11. The number of ketones is 1. The molecule has 3 rings (SSSR count). The number of nitrogens with zero attached hydrogens (tertiary/aromatic N) is 3. The number of para-hydroxylation sites is 1. The Kier molecular flexibility index (Phi) is 3.07. The lowest BCUT2D eigenvalue weighted by molar-refractivity contribution is -0.131. The number of ether oxygens (including phenoxy) is 1. The fraction of sp³-hybridized carbons (Fsp3) is 0.154. The van der Waals surface area contributed by atoms with Gasteiger partial charge in [0.2, 0.25) is 5.78 Å². The van der Waals surface area contributed by atoms with E-state index < -0.39 is 17.5 Å². The second-order valence-electron chi connectivity index (χ2n) is 4.40. The minimum Gasteiger partial charge on any atom is -0.486 e. The molecule has 0 bridgehead atoms. The average molecular weight is 285 g/mol. The van der Waals surface area contributed by atoms with Gasteiger partial charge in [0.05, 0.1) is 0 Å². The number of carbonyl (C=O) groups is 2. The quantitative estimate of drug-likeness (QED) is 0.757. The van der Waals surface area contributed by atoms with Crippen LogP contribution in [-0.2, 0) is 9.59 Å². The predicted molar refractivity (Wildman–Crippen MR) is 75.4 cm³/mol. The van der Waals surface area contributed by atoms with Gasteiger partial charge in [0.15, 0.2) is 18.2 Å². The Morgan fingerprint density at radius 3 is 2.86 bits per heavy atom. The number of nitrogens with two attached hydrogens (primary N) is 1. The van der Waals surface area contributed by atoms with Crippen molar-refractivity contribution in [1.29, 1.82) is 0 Å². The summed E-state index contributed by atoms with van der Waals surface area (Å²) in [6, 6.07) is 8.78. The van der Waals surface area contributed by atoms with Gasteiger partial charge in [-0.1, -0.05) is 18.2 Å². The zero-order chi connectivity index (χ0) is 14.9. The molecule has 3 N–H and O–H groups in total. The standard InChI is InChI=1S/C13H11N5O3/c14-13(9(19)6-21-8-4-2-1-3-5-8)17-11-10(12(20)18-13)15-7-16-11/h1-5,7H,6,14H2,(H,18,20). The van der Waals surface area contributed by atoms with E-state index in [2.05, 4.69) is 20.3 Å². The van der Waals surface area contributed by atoms with Gasteiger partial charge in [-0.2, -0.15) is 0 Å². The number of Topliss-reactive ketones (excluding diaryl/α,β-unsaturated/α-hetero) is 1. The van der Waals surface area contributed by atoms with Crippen LogP contribution in [0.15, 0.2) is 45.3 Å². The van der Waals surface area contributed by atoms with Crippen LogP contribution in [0, 0.1) is 0 Å². The Morgan fingerprint density at radius 2 is 2.10 bits per heavy atom. The highest BCUT2D eigenvalue weighted by atomic mass is 16.5. The highest BCUT2D eigenvalue weighted by Crippen LogP contribution is 2.13. The van der Waals surface area contributed by atoms with Gasteiger partial charge in [-0.05, 0) is 12.1 Å². The fourth-order valence-corrected chi connectivity index (χ4v) is 1.84. The summed E-state index contributed by atoms with van der Waals surface area (Å²) in [5.41, 5.74) is 5.88. The van der Waals surface area contributed by atoms with Crippen LogP contribution in [0.5, 0.6) is 5.75 Å². The average Bonchev–Trinajstić information content (AvgIpc) is 2.94. The van der Waals surface area contributed by atoms with Crippen LogP contribution in [0.3, 0.4) is 0 Å². The fourth-order valence-electron chi connectivity index (χ4n) is 1.84. The molecule has 0 radical (unpaired) electrons. The Hall–Kier alpha value is -2.87. The number of benzene rings is 1. The molecule has 21 heavy (non-hydrogen) atoms. The molecule has 2 aliphatic rings. The van der Waals surface area contributed by atoms with Gasteiger partial charge in [-0.15, -0.1) is 0 Å². The molecule has 0 fully saturated rings. The van der Waals surface area contributed by atoms with Crippen molar-refractivity contribution in [3.8, 4) is 5.75 Å². The first-order chi connectivity index (χ1) is 10.1. The van der Waals surface area contributed by atoms with E-state index in [-0.39, 0.29) is 18.2 Å². The maximum absolute atomic E-state index is 12.2. The van der Waals surface area contributed by atoms with Crippen molar-refractivity contribution in [3.05, 3.63) is 30.3 Å². The Bertz CT molecular complexity index is 695. The van der Waals surface area contributed by atoms with Gasteiger partial charge in [0, 0.05) is 0 Å². The number of fused-ring (bicyclic) bond motifs is 1. The number of amidine groups is 1. The normalized spacial score (nSPS) is 23.0. The van der Waals surface area contributed by atoms with E-state index in [0.717, 1.165) is 0 Å². The summed E-state index contributed by atoms with van der Waals surface area (Å²) in [6.07, 6.45) is 1.18. The molecular weight excluding hydrogens is 274 g/mol. The zero-order valence-electron chi connectivity index (χ0n) is 10.8. The molecular formula is C13H11N5O3. The molecule has 1 aromatic rings. The lowest BCUT2D eigenvalue weighted by atomic mass is 10.1. The monoisotopic (exact) mass is 285 g/mol. The molecule has 2 heterocycles. The van der Waals surface area contributed by atoms with Gasteiger partial charge in [-0.25, -0.2) is 15.0 Å². The summed E-state index contributed by atoms with van der Waals surface area (Å²) in [5, 5.41) is 2.31. The Labute approximate surface area is 119 Å². The number of nitrogens with one attached hydrogen (secondary N) is 1. The third-order valence-electron chi connectivity index (χ3n) is 2.92. The smallest absolute Gasteiger partial charge is 0.277 e. The highest BCUT2D eigenvalue weighted by molar-refractivity contribution is 6.70. The van der Waals surface area contributed by atoms with E-state index in [1.165, 1.54) is 6.34 Å². The largest absolute Gasteiger partial charge is 0.486 e. The van der Waals surface area contributed by atoms with Crippen LogP contribution in [-0.4, -0.2) is 42.0 Å². The summed E-state index contributed by atoms with van der Waals surface area (Å²) in [5.74, 6) is -2.50. The Balaban J connectivity index is 1.75. The van der Waals surface area contributed by atoms with Crippen LogP contribution in [0.2, 0.25) is 0 Å². The van der Waals surface area contributed by atoms with Crippen LogP contribution in [0.25, 0.3) is 0 Å². The molecule has 0 aromatic heterocycles. The summed E-state index contributed by atoms with van der Waals surface area (Å²) < 4.78 is 5.31. The number of hydrogen-bond acceptors (Lipinski definition) is 7. The maximum Gasteiger partial charge on any atom is 0.277 e. The van der Waals surface area contributed by atoms with E-state index in [4.69, 9.17) is 10.5 Å². The molecule has 0 saturated carbocycles. The van der Waals surface area contributed by atoms with Crippen LogP contribution >= 0.6 is 0 Å². The first kappa shape index (κ1) is 13.1. The minimum absolute atomic E-state index is 0.0489. The van der Waals surface area contributed by atoms with Crippen molar-refractivity contribution < 1.29 is 14.3 Å². The van der Waals surface area contributed by atoms with Crippen molar-refractivity contribution >= 4 is 29.6 Å². The number of rotatable bonds is 4. The van der Waals surface area contributed by atoms with Crippen molar-refractivity contribution in [2.24, 2.45) is 20.7 Å². The molecule has 0 saturated heterocycles. The highest BCUT2D eigenvalue weighted by Gasteiger charge is 2.43. The SMILES string of the molecule is NC1(C(=O)COc2ccccc2)N=C2N=CN=C2C(=O)N1. The molecule has 2 aliphatic heterocycles. The minimum atomic E-state index is -1.89. The lowest BCUT2D eigenvalue weighted by Crippen LogP contribution is -2.66. The topological polar surface area (TPSA) is 118 Å². The van der Waals surface area contributed by atoms with Crippen LogP contribution in [0.4, 0.5) is 0 Å². The van der Waals surface area contributed by atoms with Gasteiger partial charge in [-0.3, -0.25) is 15.3 Å². The van der Waals surface area contributed by atoms with Gasteiger partial charge < -0.3 is 10.1 Å². The van der Waals surface area contributed by atoms with Gasteiger partial charge >= 0.3 is 0 Å². The second kappa shape index (κ2) is 4.91. The lowest BCUT2D eigenvalue weighted by Gasteiger charge is -2.28. The van der Waals surface area contributed by atoms with Gasteiger partial charge in [0.25, 0.3) is 11.7 Å². The third kappa shape index (κ3) is 2.43. The van der Waals surface area contributed by atoms with Crippen molar-refractivity contribution in [1.82, 2.24) is 5.32 Å². The van der Waals surface area contributed by atoms with E-state index in [0.29, 0.717) is 5.75 Å². The zero-order valence-corrected chi connectivity index (χ0v) is 10.8. The molecule has 1 aromatic carbocycles. The summed E-state index contributed by atoms with van der Waals surface area (Å²) in [4.78, 5) is 35.4.